The lowest BCUT2D eigenvalue weighted by atomic mass is 9.90. The molecule has 0 bridgehead atoms. The Morgan fingerprint density at radius 1 is 1.22 bits per heavy atom. The zero-order chi connectivity index (χ0) is 22.7. The molecule has 0 saturated carbocycles. The van der Waals surface area contributed by atoms with E-state index in [2.05, 4.69) is 48.2 Å². The van der Waals surface area contributed by atoms with Gasteiger partial charge in [-0.2, -0.15) is 5.10 Å². The highest BCUT2D eigenvalue weighted by atomic mass is 16.5. The molecule has 1 unspecified atom stereocenters. The first-order chi connectivity index (χ1) is 15.4. The van der Waals surface area contributed by atoms with E-state index < -0.39 is 0 Å². The molecule has 0 saturated heterocycles. The molecule has 2 aromatic carbocycles. The van der Waals surface area contributed by atoms with Crippen molar-refractivity contribution in [3.63, 3.8) is 0 Å². The third kappa shape index (κ3) is 4.83. The predicted molar refractivity (Wildman–Crippen MR) is 126 cm³/mol. The Labute approximate surface area is 188 Å². The van der Waals surface area contributed by atoms with Crippen molar-refractivity contribution >= 4 is 22.7 Å². The normalized spacial score (nSPS) is 16.5. The number of carbonyl (C=O) groups is 1. The minimum Gasteiger partial charge on any atom is -0.492 e. The van der Waals surface area contributed by atoms with Crippen LogP contribution in [-0.4, -0.2) is 47.7 Å². The summed E-state index contributed by atoms with van der Waals surface area (Å²) in [7, 11) is 2.09. The van der Waals surface area contributed by atoms with Gasteiger partial charge >= 0.3 is 0 Å². The zero-order valence-corrected chi connectivity index (χ0v) is 19.1. The van der Waals surface area contributed by atoms with E-state index in [9.17, 15) is 4.79 Å². The summed E-state index contributed by atoms with van der Waals surface area (Å²) in [6.45, 7) is 7.87. The predicted octanol–water partition coefficient (Wildman–Crippen LogP) is 4.46. The van der Waals surface area contributed by atoms with E-state index in [0.29, 0.717) is 30.5 Å². The lowest BCUT2D eigenvalue weighted by Gasteiger charge is -2.21. The van der Waals surface area contributed by atoms with Crippen molar-refractivity contribution in [1.29, 1.82) is 0 Å². The van der Waals surface area contributed by atoms with Gasteiger partial charge in [-0.1, -0.05) is 19.1 Å². The Morgan fingerprint density at radius 2 is 2.06 bits per heavy atom. The third-order valence-electron chi connectivity index (χ3n) is 5.97. The molecular formula is C25H30N4O3. The summed E-state index contributed by atoms with van der Waals surface area (Å²) in [5, 5.41) is 4.30. The molecular weight excluding hydrogens is 404 g/mol. The van der Waals surface area contributed by atoms with Crippen molar-refractivity contribution in [3.05, 3.63) is 48.0 Å². The first-order valence-electron chi connectivity index (χ1n) is 11.2. The lowest BCUT2D eigenvalue weighted by molar-refractivity contribution is -0.122. The second-order valence-corrected chi connectivity index (χ2v) is 8.49. The maximum absolute atomic E-state index is 11.7. The van der Waals surface area contributed by atoms with Crippen LogP contribution in [0.15, 0.2) is 52.0 Å². The van der Waals surface area contributed by atoms with Crippen molar-refractivity contribution in [2.75, 3.05) is 20.2 Å². The Bertz CT molecular complexity index is 1140. The Morgan fingerprint density at radius 3 is 2.84 bits per heavy atom. The molecule has 0 fully saturated rings. The van der Waals surface area contributed by atoms with E-state index >= 15 is 0 Å². The van der Waals surface area contributed by atoms with Gasteiger partial charge in [-0.3, -0.25) is 4.79 Å². The standard InChI is InChI=1S/C25H30N4O3/c1-5-17-15-23(30)27-28-24(17)18-9-10-21-22(14-18)32-25(26-21)19-7-6-8-20(13-19)31-12-11-29(4)16(2)3/h6-10,13-14,16-17H,5,11-12,15H2,1-4H3,(H,27,30). The second-order valence-electron chi connectivity index (χ2n) is 8.49. The van der Waals surface area contributed by atoms with E-state index in [0.717, 1.165) is 41.1 Å². The van der Waals surface area contributed by atoms with Gasteiger partial charge in [-0.05, 0) is 57.6 Å². The molecule has 0 spiro atoms. The fraction of sp³-hybridized carbons (Fsp3) is 0.400. The largest absolute Gasteiger partial charge is 0.492 e. The van der Waals surface area contributed by atoms with Gasteiger partial charge in [0, 0.05) is 36.1 Å². The van der Waals surface area contributed by atoms with E-state index in [1.165, 1.54) is 0 Å². The maximum atomic E-state index is 11.7. The summed E-state index contributed by atoms with van der Waals surface area (Å²) >= 11 is 0. The Hall–Kier alpha value is -3.19. The van der Waals surface area contributed by atoms with Gasteiger partial charge in [-0.15, -0.1) is 0 Å². The molecule has 1 atom stereocenters. The van der Waals surface area contributed by atoms with Crippen LogP contribution in [0.25, 0.3) is 22.6 Å². The van der Waals surface area contributed by atoms with Crippen LogP contribution < -0.4 is 10.2 Å². The van der Waals surface area contributed by atoms with Crippen LogP contribution in [0.5, 0.6) is 5.75 Å². The van der Waals surface area contributed by atoms with Crippen LogP contribution >= 0.6 is 0 Å². The third-order valence-corrected chi connectivity index (χ3v) is 5.97. The number of nitrogens with one attached hydrogen (secondary N) is 1. The minimum absolute atomic E-state index is 0.0402. The molecule has 7 heteroatoms. The fourth-order valence-corrected chi connectivity index (χ4v) is 3.71. The Balaban J connectivity index is 1.54. The van der Waals surface area contributed by atoms with Crippen LogP contribution in [0.3, 0.4) is 0 Å². The van der Waals surface area contributed by atoms with Gasteiger partial charge in [0.1, 0.15) is 17.9 Å². The number of ether oxygens (including phenoxy) is 1. The van der Waals surface area contributed by atoms with Gasteiger partial charge in [0.25, 0.3) is 0 Å². The molecule has 1 aromatic heterocycles. The molecule has 7 nitrogen and oxygen atoms in total. The number of hydrogen-bond acceptors (Lipinski definition) is 6. The molecule has 4 rings (SSSR count). The molecule has 168 valence electrons. The van der Waals surface area contributed by atoms with Crippen molar-refractivity contribution in [1.82, 2.24) is 15.3 Å². The number of nitrogens with zero attached hydrogens (tertiary/aromatic N) is 3. The molecule has 1 aliphatic heterocycles. The monoisotopic (exact) mass is 434 g/mol. The van der Waals surface area contributed by atoms with Gasteiger partial charge < -0.3 is 14.1 Å². The summed E-state index contributed by atoms with van der Waals surface area (Å²) < 4.78 is 12.0. The van der Waals surface area contributed by atoms with Crippen molar-refractivity contribution in [3.8, 4) is 17.2 Å². The number of hydrazone groups is 1. The van der Waals surface area contributed by atoms with E-state index in [-0.39, 0.29) is 11.8 Å². The molecule has 0 aliphatic carbocycles. The Kier molecular flexibility index (Phi) is 6.55. The maximum Gasteiger partial charge on any atom is 0.240 e. The zero-order valence-electron chi connectivity index (χ0n) is 19.1. The number of benzene rings is 2. The number of fused-ring (bicyclic) bond motifs is 1. The lowest BCUT2D eigenvalue weighted by Crippen LogP contribution is -2.33. The van der Waals surface area contributed by atoms with Gasteiger partial charge in [0.05, 0.1) is 5.71 Å². The number of aromatic nitrogens is 1. The topological polar surface area (TPSA) is 80.0 Å². The first-order valence-corrected chi connectivity index (χ1v) is 11.2. The van der Waals surface area contributed by atoms with Crippen LogP contribution in [0.2, 0.25) is 0 Å². The fourth-order valence-electron chi connectivity index (χ4n) is 3.71. The average Bonchev–Trinajstić information content (AvgIpc) is 3.22. The molecule has 1 aliphatic rings. The van der Waals surface area contributed by atoms with Gasteiger partial charge in [0.2, 0.25) is 11.8 Å². The van der Waals surface area contributed by atoms with Crippen LogP contribution in [0.4, 0.5) is 0 Å². The summed E-state index contributed by atoms with van der Waals surface area (Å²) in [5.41, 5.74) is 6.76. The molecule has 2 heterocycles. The van der Waals surface area contributed by atoms with Crippen molar-refractivity contribution in [2.24, 2.45) is 11.0 Å². The minimum atomic E-state index is -0.0402. The SMILES string of the molecule is CCC1CC(=O)NN=C1c1ccc2nc(-c3cccc(OCCN(C)C(C)C)c3)oc2c1. The number of likely N-dealkylation sites (N-methyl/N-ethyl adjacent to an activating group) is 1. The quantitative estimate of drug-likeness (QED) is 0.566. The number of rotatable bonds is 8. The second kappa shape index (κ2) is 9.53. The summed E-state index contributed by atoms with van der Waals surface area (Å²) in [6, 6.07) is 14.2. The van der Waals surface area contributed by atoms with Crippen molar-refractivity contribution in [2.45, 2.75) is 39.7 Å². The molecule has 3 aromatic rings. The van der Waals surface area contributed by atoms with Crippen molar-refractivity contribution < 1.29 is 13.9 Å². The summed E-state index contributed by atoms with van der Waals surface area (Å²) in [4.78, 5) is 18.6. The van der Waals surface area contributed by atoms with Crippen LogP contribution in [0, 0.1) is 5.92 Å². The van der Waals surface area contributed by atoms with E-state index in [1.54, 1.807) is 0 Å². The molecule has 0 radical (unpaired) electrons. The molecule has 1 amide bonds. The van der Waals surface area contributed by atoms with Gasteiger partial charge in [0.15, 0.2) is 5.58 Å². The number of carbonyl (C=O) groups excluding carboxylic acids is 1. The van der Waals surface area contributed by atoms with Crippen LogP contribution in [0.1, 0.15) is 39.2 Å². The summed E-state index contributed by atoms with van der Waals surface area (Å²) in [5.74, 6) is 1.40. The number of oxazole rings is 1. The first kappa shape index (κ1) is 22.0. The van der Waals surface area contributed by atoms with Crippen LogP contribution in [-0.2, 0) is 4.79 Å². The highest BCUT2D eigenvalue weighted by Gasteiger charge is 2.24. The van der Waals surface area contributed by atoms with Gasteiger partial charge in [-0.25, -0.2) is 10.4 Å². The highest BCUT2D eigenvalue weighted by Crippen LogP contribution is 2.29. The van der Waals surface area contributed by atoms with E-state index in [4.69, 9.17) is 9.15 Å². The number of amides is 1. The molecule has 1 N–H and O–H groups in total. The average molecular weight is 435 g/mol. The van der Waals surface area contributed by atoms with E-state index in [1.807, 2.05) is 42.5 Å². The summed E-state index contributed by atoms with van der Waals surface area (Å²) in [6.07, 6.45) is 1.31. The molecule has 32 heavy (non-hydrogen) atoms. The smallest absolute Gasteiger partial charge is 0.240 e. The highest BCUT2D eigenvalue weighted by molar-refractivity contribution is 6.07. The number of hydrogen-bond donors (Lipinski definition) is 1.